The highest BCUT2D eigenvalue weighted by molar-refractivity contribution is 7.92. The molecule has 53 heavy (non-hydrogen) atoms. The zero-order valence-electron chi connectivity index (χ0n) is 29.9. The number of nitrogens with one attached hydrogen (secondary N) is 2. The molecule has 2 aromatic carbocycles. The number of pyridine rings is 1. The third-order valence-electron chi connectivity index (χ3n) is 10.3. The molecule has 4 heterocycles. The van der Waals surface area contributed by atoms with Crippen LogP contribution in [0, 0.1) is 12.8 Å². The van der Waals surface area contributed by atoms with E-state index < -0.39 is 16.0 Å². The molecule has 1 amide bonds. The van der Waals surface area contributed by atoms with E-state index in [0.717, 1.165) is 39.1 Å². The number of aromatic nitrogens is 4. The van der Waals surface area contributed by atoms with E-state index in [9.17, 15) is 18.0 Å². The Hall–Kier alpha value is -4.82. The summed E-state index contributed by atoms with van der Waals surface area (Å²) in [4.78, 5) is 35.9. The van der Waals surface area contributed by atoms with Crippen LogP contribution in [0.2, 0.25) is 0 Å². The molecule has 0 radical (unpaired) electrons. The zero-order chi connectivity index (χ0) is 37.0. The van der Waals surface area contributed by atoms with Gasteiger partial charge in [-0.3, -0.25) is 19.0 Å². The number of benzene rings is 2. The molecule has 3 aromatic heterocycles. The number of thiazole rings is 1. The maximum absolute atomic E-state index is 13.5. The van der Waals surface area contributed by atoms with Gasteiger partial charge in [-0.25, -0.2) is 18.4 Å². The zero-order valence-corrected chi connectivity index (χ0v) is 31.5. The highest BCUT2D eigenvalue weighted by atomic mass is 32.2. The maximum Gasteiger partial charge on any atom is 0.303 e. The van der Waals surface area contributed by atoms with Gasteiger partial charge in [0.1, 0.15) is 11.6 Å². The monoisotopic (exact) mass is 755 g/mol. The van der Waals surface area contributed by atoms with Crippen LogP contribution in [-0.2, 0) is 34.3 Å². The first-order valence-corrected chi connectivity index (χ1v) is 20.9. The lowest BCUT2D eigenvalue weighted by Crippen LogP contribution is -2.32. The summed E-state index contributed by atoms with van der Waals surface area (Å²) in [5.41, 5.74) is 6.03. The lowest BCUT2D eigenvalue weighted by molar-refractivity contribution is -0.137. The van der Waals surface area contributed by atoms with Gasteiger partial charge in [-0.2, -0.15) is 5.10 Å². The summed E-state index contributed by atoms with van der Waals surface area (Å²) < 4.78 is 32.7. The molecule has 1 fully saturated rings. The van der Waals surface area contributed by atoms with Crippen LogP contribution in [-0.4, -0.2) is 57.4 Å². The van der Waals surface area contributed by atoms with E-state index in [2.05, 4.69) is 26.0 Å². The molecule has 7 rings (SSSR count). The first-order chi connectivity index (χ1) is 25.6. The number of aliphatic carboxylic acids is 1. The summed E-state index contributed by atoms with van der Waals surface area (Å²) in [6.45, 7) is 3.97. The molecule has 0 spiro atoms. The Kier molecular flexibility index (Phi) is 11.1. The Labute approximate surface area is 313 Å². The number of fused-ring (bicyclic) bond motifs is 2. The van der Waals surface area contributed by atoms with Crippen LogP contribution >= 0.6 is 11.3 Å². The lowest BCUT2D eigenvalue weighted by atomic mass is 9.89. The second-order valence-corrected chi connectivity index (χ2v) is 16.9. The number of rotatable bonds is 14. The fourth-order valence-electron chi connectivity index (χ4n) is 7.41. The SMILES string of the molecule is Cc1c(-c2ccc(N3CCc4cccc(NC(=O)c5nc6ccccc6s5)c4C3)nc2NS(=O)(=O)CCCCCC(=O)O)cnn1CC1CCCCC1. The maximum atomic E-state index is 13.5. The average Bonchev–Trinajstić information content (AvgIpc) is 3.75. The number of anilines is 3. The number of carboxylic acids is 1. The van der Waals surface area contributed by atoms with E-state index >= 15 is 0 Å². The van der Waals surface area contributed by atoms with Crippen LogP contribution < -0.4 is 14.9 Å². The highest BCUT2D eigenvalue weighted by Crippen LogP contribution is 2.36. The van der Waals surface area contributed by atoms with Crippen molar-refractivity contribution in [3.8, 4) is 11.1 Å². The summed E-state index contributed by atoms with van der Waals surface area (Å²) in [5, 5.41) is 17.2. The van der Waals surface area contributed by atoms with Gasteiger partial charge in [-0.1, -0.05) is 49.9 Å². The van der Waals surface area contributed by atoms with Gasteiger partial charge in [0.05, 0.1) is 22.2 Å². The number of hydrogen-bond donors (Lipinski definition) is 3. The van der Waals surface area contributed by atoms with Gasteiger partial charge in [-0.15, -0.1) is 11.3 Å². The number of unbranched alkanes of at least 4 members (excludes halogenated alkanes) is 2. The van der Waals surface area contributed by atoms with Crippen molar-refractivity contribution < 1.29 is 23.1 Å². The van der Waals surface area contributed by atoms with Gasteiger partial charge >= 0.3 is 5.97 Å². The smallest absolute Gasteiger partial charge is 0.303 e. The van der Waals surface area contributed by atoms with Gasteiger partial charge in [-0.05, 0) is 86.4 Å². The number of carbonyl (C=O) groups is 2. The second-order valence-electron chi connectivity index (χ2n) is 14.1. The van der Waals surface area contributed by atoms with Gasteiger partial charge in [0.2, 0.25) is 10.0 Å². The number of hydrogen-bond acceptors (Lipinski definition) is 9. The Balaban J connectivity index is 1.15. The summed E-state index contributed by atoms with van der Waals surface area (Å²) in [6.07, 6.45) is 9.92. The second kappa shape index (κ2) is 16.0. The molecule has 1 aliphatic carbocycles. The quantitative estimate of drug-likeness (QED) is 0.0968. The van der Waals surface area contributed by atoms with Crippen molar-refractivity contribution in [3.63, 3.8) is 0 Å². The molecular formula is C39H45N7O5S2. The summed E-state index contributed by atoms with van der Waals surface area (Å²) in [7, 11) is -3.81. The molecule has 1 saturated carbocycles. The molecule has 14 heteroatoms. The molecule has 0 bridgehead atoms. The average molecular weight is 756 g/mol. The van der Waals surface area contributed by atoms with Gasteiger partial charge in [0, 0.05) is 48.6 Å². The van der Waals surface area contributed by atoms with E-state index in [1.54, 1.807) is 6.20 Å². The standard InChI is InChI=1S/C39H45N7O5S2/c1-26-30(23-40-46(26)24-27-11-4-2-5-12-27)29-18-19-35(43-37(29)44-53(50,51)22-9-3-6-17-36(47)48)45-21-20-28-13-10-15-32(31(28)25-45)41-38(49)39-42-33-14-7-8-16-34(33)52-39/h7-8,10,13-16,18-19,23,27H,2-6,9,11-12,17,20-22,24-25H2,1H3,(H,41,49)(H,43,44)(H,47,48). The van der Waals surface area contributed by atoms with E-state index in [1.807, 2.05) is 60.1 Å². The molecule has 12 nitrogen and oxygen atoms in total. The predicted molar refractivity (Wildman–Crippen MR) is 209 cm³/mol. The van der Waals surface area contributed by atoms with Gasteiger partial charge in [0.15, 0.2) is 5.01 Å². The Bertz CT molecular complexity index is 2190. The van der Waals surface area contributed by atoms with Crippen molar-refractivity contribution in [1.29, 1.82) is 0 Å². The first kappa shape index (κ1) is 36.5. The van der Waals surface area contributed by atoms with Crippen LogP contribution in [0.5, 0.6) is 0 Å². The fourth-order valence-corrected chi connectivity index (χ4v) is 9.41. The summed E-state index contributed by atoms with van der Waals surface area (Å²) >= 11 is 1.35. The minimum atomic E-state index is -3.81. The minimum absolute atomic E-state index is 0.0116. The molecule has 0 saturated heterocycles. The Morgan fingerprint density at radius 2 is 1.79 bits per heavy atom. The van der Waals surface area contributed by atoms with E-state index in [4.69, 9.17) is 15.2 Å². The third-order valence-corrected chi connectivity index (χ3v) is 12.7. The summed E-state index contributed by atoms with van der Waals surface area (Å²) in [6, 6.07) is 17.4. The van der Waals surface area contributed by atoms with E-state index in [0.29, 0.717) is 66.8 Å². The molecule has 0 unspecified atom stereocenters. The van der Waals surface area contributed by atoms with Crippen molar-refractivity contribution in [1.82, 2.24) is 19.7 Å². The van der Waals surface area contributed by atoms with Gasteiger partial charge in [0.25, 0.3) is 5.91 Å². The number of amides is 1. The van der Waals surface area contributed by atoms with Crippen molar-refractivity contribution in [2.75, 3.05) is 27.2 Å². The van der Waals surface area contributed by atoms with Crippen LogP contribution in [0.3, 0.4) is 0 Å². The number of carbonyl (C=O) groups excluding carboxylic acids is 1. The minimum Gasteiger partial charge on any atom is -0.481 e. The van der Waals surface area contributed by atoms with Crippen LogP contribution in [0.1, 0.15) is 84.4 Å². The predicted octanol–water partition coefficient (Wildman–Crippen LogP) is 7.65. The number of sulfonamides is 1. The molecule has 278 valence electrons. The molecule has 2 aliphatic rings. The Morgan fingerprint density at radius 1 is 0.962 bits per heavy atom. The molecular weight excluding hydrogens is 711 g/mol. The van der Waals surface area contributed by atoms with Crippen molar-refractivity contribution >= 4 is 60.8 Å². The van der Waals surface area contributed by atoms with Crippen LogP contribution in [0.25, 0.3) is 21.3 Å². The fraction of sp³-hybridized carbons (Fsp3) is 0.410. The van der Waals surface area contributed by atoms with E-state index in [-0.39, 0.29) is 23.9 Å². The normalized spacial score (nSPS) is 15.0. The van der Waals surface area contributed by atoms with E-state index in [1.165, 1.54) is 43.4 Å². The van der Waals surface area contributed by atoms with Gasteiger partial charge < -0.3 is 15.3 Å². The lowest BCUT2D eigenvalue weighted by Gasteiger charge is -2.31. The van der Waals surface area contributed by atoms with Crippen molar-refractivity contribution in [3.05, 3.63) is 82.6 Å². The van der Waals surface area contributed by atoms with Crippen LogP contribution in [0.15, 0.2) is 60.8 Å². The molecule has 1 aliphatic heterocycles. The highest BCUT2D eigenvalue weighted by Gasteiger charge is 2.25. The Morgan fingerprint density at radius 3 is 2.60 bits per heavy atom. The number of para-hydroxylation sites is 1. The van der Waals surface area contributed by atoms with Crippen molar-refractivity contribution in [2.45, 2.75) is 84.2 Å². The van der Waals surface area contributed by atoms with Crippen molar-refractivity contribution in [2.24, 2.45) is 5.92 Å². The molecule has 0 atom stereocenters. The largest absolute Gasteiger partial charge is 0.481 e. The number of nitrogens with zero attached hydrogens (tertiary/aromatic N) is 5. The first-order valence-electron chi connectivity index (χ1n) is 18.4. The molecule has 5 aromatic rings. The number of carboxylic acid groups (broad SMARTS) is 1. The molecule has 3 N–H and O–H groups in total. The third kappa shape index (κ3) is 8.71. The topological polar surface area (TPSA) is 159 Å². The van der Waals surface area contributed by atoms with Crippen LogP contribution in [0.4, 0.5) is 17.3 Å². The summed E-state index contributed by atoms with van der Waals surface area (Å²) in [5.74, 6) is 0.117.